The molecule has 100 valence electrons. The second-order valence-corrected chi connectivity index (χ2v) is 5.21. The fraction of sp³-hybridized carbons (Fsp3) is 0.438. The molecule has 0 spiro atoms. The van der Waals surface area contributed by atoms with Crippen LogP contribution in [0.4, 0.5) is 5.82 Å². The van der Waals surface area contributed by atoms with E-state index >= 15 is 0 Å². The number of rotatable bonds is 2. The van der Waals surface area contributed by atoms with Crippen LogP contribution in [0.15, 0.2) is 24.3 Å². The number of hydrogen-bond donors (Lipinski definition) is 1. The SMILES string of the molecule is CCc1nn(-c2ccccc2C)c2c1CCCCN2. The first-order chi connectivity index (χ1) is 9.31. The third-order valence-electron chi connectivity index (χ3n) is 3.89. The number of hydrogen-bond acceptors (Lipinski definition) is 2. The van der Waals surface area contributed by atoms with Gasteiger partial charge >= 0.3 is 0 Å². The summed E-state index contributed by atoms with van der Waals surface area (Å²) in [6, 6.07) is 8.45. The van der Waals surface area contributed by atoms with E-state index in [1.807, 2.05) is 0 Å². The summed E-state index contributed by atoms with van der Waals surface area (Å²) in [6.45, 7) is 5.38. The van der Waals surface area contributed by atoms with Crippen molar-refractivity contribution in [1.82, 2.24) is 9.78 Å². The predicted octanol–water partition coefficient (Wildman–Crippen LogP) is 3.49. The number of aryl methyl sites for hydroxylation is 2. The van der Waals surface area contributed by atoms with Crippen molar-refractivity contribution in [1.29, 1.82) is 0 Å². The number of fused-ring (bicyclic) bond motifs is 1. The van der Waals surface area contributed by atoms with Crippen LogP contribution in [-0.4, -0.2) is 16.3 Å². The topological polar surface area (TPSA) is 29.9 Å². The van der Waals surface area contributed by atoms with Gasteiger partial charge in [-0.05, 0) is 44.2 Å². The summed E-state index contributed by atoms with van der Waals surface area (Å²) in [4.78, 5) is 0. The van der Waals surface area contributed by atoms with Gasteiger partial charge < -0.3 is 5.32 Å². The number of nitrogens with zero attached hydrogens (tertiary/aromatic N) is 2. The van der Waals surface area contributed by atoms with E-state index in [1.54, 1.807) is 0 Å². The fourth-order valence-electron chi connectivity index (χ4n) is 2.83. The van der Waals surface area contributed by atoms with Gasteiger partial charge in [0.05, 0.1) is 11.4 Å². The van der Waals surface area contributed by atoms with Gasteiger partial charge in [-0.25, -0.2) is 4.68 Å². The molecular weight excluding hydrogens is 234 g/mol. The van der Waals surface area contributed by atoms with Crippen molar-refractivity contribution in [3.05, 3.63) is 41.1 Å². The maximum Gasteiger partial charge on any atom is 0.133 e. The average Bonchev–Trinajstić information content (AvgIpc) is 2.61. The zero-order valence-electron chi connectivity index (χ0n) is 11.7. The molecule has 0 saturated carbocycles. The Labute approximate surface area is 114 Å². The van der Waals surface area contributed by atoms with Gasteiger partial charge in [0.2, 0.25) is 0 Å². The first-order valence-electron chi connectivity index (χ1n) is 7.22. The zero-order chi connectivity index (χ0) is 13.2. The molecule has 3 heteroatoms. The van der Waals surface area contributed by atoms with Crippen LogP contribution in [0.1, 0.15) is 36.6 Å². The number of nitrogens with one attached hydrogen (secondary N) is 1. The van der Waals surface area contributed by atoms with Gasteiger partial charge in [0.1, 0.15) is 5.82 Å². The Bertz CT molecular complexity index is 584. The molecule has 1 aliphatic rings. The van der Waals surface area contributed by atoms with Crippen molar-refractivity contribution in [2.75, 3.05) is 11.9 Å². The Hall–Kier alpha value is -1.77. The van der Waals surface area contributed by atoms with Crippen LogP contribution in [0, 0.1) is 6.92 Å². The molecule has 3 nitrogen and oxygen atoms in total. The van der Waals surface area contributed by atoms with Crippen molar-refractivity contribution < 1.29 is 0 Å². The summed E-state index contributed by atoms with van der Waals surface area (Å²) in [5, 5.41) is 8.41. The lowest BCUT2D eigenvalue weighted by atomic mass is 10.1. The molecule has 0 bridgehead atoms. The van der Waals surface area contributed by atoms with Gasteiger partial charge in [0, 0.05) is 12.1 Å². The Kier molecular flexibility index (Phi) is 3.28. The summed E-state index contributed by atoms with van der Waals surface area (Å²) in [5.41, 5.74) is 5.12. The lowest BCUT2D eigenvalue weighted by Crippen LogP contribution is -2.08. The van der Waals surface area contributed by atoms with Crippen molar-refractivity contribution in [3.8, 4) is 5.69 Å². The molecule has 0 atom stereocenters. The maximum atomic E-state index is 4.84. The lowest BCUT2D eigenvalue weighted by Gasteiger charge is -2.11. The summed E-state index contributed by atoms with van der Waals surface area (Å²) in [7, 11) is 0. The molecule has 0 radical (unpaired) electrons. The Balaban J connectivity index is 2.16. The summed E-state index contributed by atoms with van der Waals surface area (Å²) >= 11 is 0. The molecule has 2 aromatic rings. The van der Waals surface area contributed by atoms with Crippen molar-refractivity contribution >= 4 is 5.82 Å². The van der Waals surface area contributed by atoms with Gasteiger partial charge in [-0.1, -0.05) is 25.1 Å². The summed E-state index contributed by atoms with van der Waals surface area (Å²) < 4.78 is 2.11. The van der Waals surface area contributed by atoms with Crippen LogP contribution in [0.25, 0.3) is 5.69 Å². The number of para-hydroxylation sites is 1. The molecule has 0 fully saturated rings. The molecule has 1 aromatic heterocycles. The minimum atomic E-state index is 1.00. The van der Waals surface area contributed by atoms with Crippen LogP contribution in [0.2, 0.25) is 0 Å². The molecular formula is C16H21N3. The highest BCUT2D eigenvalue weighted by atomic mass is 15.3. The Morgan fingerprint density at radius 3 is 2.89 bits per heavy atom. The number of anilines is 1. The van der Waals surface area contributed by atoms with Gasteiger partial charge in [-0.2, -0.15) is 5.10 Å². The molecule has 1 N–H and O–H groups in total. The average molecular weight is 255 g/mol. The van der Waals surface area contributed by atoms with E-state index in [1.165, 1.54) is 41.2 Å². The second kappa shape index (κ2) is 5.08. The van der Waals surface area contributed by atoms with E-state index in [4.69, 9.17) is 5.10 Å². The Morgan fingerprint density at radius 2 is 2.11 bits per heavy atom. The molecule has 0 unspecified atom stereocenters. The normalized spacial score (nSPS) is 14.6. The highest BCUT2D eigenvalue weighted by molar-refractivity contribution is 5.56. The fourth-order valence-corrected chi connectivity index (χ4v) is 2.83. The molecule has 1 aromatic carbocycles. The summed E-state index contributed by atoms with van der Waals surface area (Å²) in [5.74, 6) is 1.21. The number of aromatic nitrogens is 2. The molecule has 0 amide bonds. The first-order valence-corrected chi connectivity index (χ1v) is 7.22. The second-order valence-electron chi connectivity index (χ2n) is 5.21. The van der Waals surface area contributed by atoms with Crippen LogP contribution in [0.3, 0.4) is 0 Å². The predicted molar refractivity (Wildman–Crippen MR) is 79.1 cm³/mol. The largest absolute Gasteiger partial charge is 0.370 e. The lowest BCUT2D eigenvalue weighted by molar-refractivity contribution is 0.764. The molecule has 19 heavy (non-hydrogen) atoms. The quantitative estimate of drug-likeness (QED) is 0.890. The Morgan fingerprint density at radius 1 is 1.26 bits per heavy atom. The minimum Gasteiger partial charge on any atom is -0.370 e. The standard InChI is InChI=1S/C16H21N3/c1-3-14-13-9-6-7-11-17-16(13)19(18-14)15-10-5-4-8-12(15)2/h4-5,8,10,17H,3,6-7,9,11H2,1-2H3. The van der Waals surface area contributed by atoms with Gasteiger partial charge in [-0.15, -0.1) is 0 Å². The van der Waals surface area contributed by atoms with E-state index in [2.05, 4.69) is 48.1 Å². The third-order valence-corrected chi connectivity index (χ3v) is 3.89. The van der Waals surface area contributed by atoms with Crippen molar-refractivity contribution in [2.24, 2.45) is 0 Å². The van der Waals surface area contributed by atoms with Gasteiger partial charge in [-0.3, -0.25) is 0 Å². The minimum absolute atomic E-state index is 1.00. The third kappa shape index (κ3) is 2.14. The molecule has 3 rings (SSSR count). The van der Waals surface area contributed by atoms with Crippen molar-refractivity contribution in [2.45, 2.75) is 39.5 Å². The molecule has 0 saturated heterocycles. The maximum absolute atomic E-state index is 4.84. The summed E-state index contributed by atoms with van der Waals surface area (Å²) in [6.07, 6.45) is 4.65. The number of benzene rings is 1. The van der Waals surface area contributed by atoms with E-state index in [-0.39, 0.29) is 0 Å². The van der Waals surface area contributed by atoms with Gasteiger partial charge in [0.15, 0.2) is 0 Å². The van der Waals surface area contributed by atoms with Crippen LogP contribution in [0.5, 0.6) is 0 Å². The highest BCUT2D eigenvalue weighted by Crippen LogP contribution is 2.29. The van der Waals surface area contributed by atoms with Crippen LogP contribution >= 0.6 is 0 Å². The van der Waals surface area contributed by atoms with Crippen LogP contribution < -0.4 is 5.32 Å². The van der Waals surface area contributed by atoms with Gasteiger partial charge in [0.25, 0.3) is 0 Å². The molecule has 1 aliphatic heterocycles. The van der Waals surface area contributed by atoms with E-state index in [0.29, 0.717) is 0 Å². The van der Waals surface area contributed by atoms with E-state index in [9.17, 15) is 0 Å². The highest BCUT2D eigenvalue weighted by Gasteiger charge is 2.19. The van der Waals surface area contributed by atoms with Crippen LogP contribution in [-0.2, 0) is 12.8 Å². The van der Waals surface area contributed by atoms with E-state index in [0.717, 1.165) is 19.4 Å². The smallest absolute Gasteiger partial charge is 0.133 e. The molecule has 2 heterocycles. The van der Waals surface area contributed by atoms with Crippen molar-refractivity contribution in [3.63, 3.8) is 0 Å². The monoisotopic (exact) mass is 255 g/mol. The van der Waals surface area contributed by atoms with E-state index < -0.39 is 0 Å². The molecule has 0 aliphatic carbocycles. The zero-order valence-corrected chi connectivity index (χ0v) is 11.7. The first kappa shape index (κ1) is 12.3.